The highest BCUT2D eigenvalue weighted by atomic mass is 32.1. The van der Waals surface area contributed by atoms with Crippen molar-refractivity contribution in [3.05, 3.63) is 52.1 Å². The number of ether oxygens (including phenoxy) is 1. The minimum Gasteiger partial charge on any atom is -0.496 e. The Hall–Kier alpha value is -2.47. The van der Waals surface area contributed by atoms with Crippen LogP contribution in [0.1, 0.15) is 26.3 Å². The van der Waals surface area contributed by atoms with Gasteiger partial charge in [0.15, 0.2) is 0 Å². The lowest BCUT2D eigenvalue weighted by Gasteiger charge is -2.22. The molecule has 0 aliphatic rings. The van der Waals surface area contributed by atoms with E-state index in [9.17, 15) is 10.1 Å². The van der Waals surface area contributed by atoms with E-state index in [1.807, 2.05) is 12.1 Å². The number of nitro benzene ring substituents is 1. The van der Waals surface area contributed by atoms with E-state index >= 15 is 0 Å². The second-order valence-electron chi connectivity index (χ2n) is 6.59. The first kappa shape index (κ1) is 16.4. The second kappa shape index (κ2) is 5.87. The van der Waals surface area contributed by atoms with Crippen LogP contribution in [0.2, 0.25) is 0 Å². The standard InChI is InChI=1S/C18H18N2O3S/c1-18(2,3)13-9-11(5-8-15(13)23-4)17-19-14-7-6-12(20(21)22)10-16(14)24-17/h5-10H,1-4H3. The van der Waals surface area contributed by atoms with Crippen molar-refractivity contribution in [2.45, 2.75) is 26.2 Å². The molecule has 3 rings (SSSR count). The molecule has 0 saturated carbocycles. The Labute approximate surface area is 144 Å². The summed E-state index contributed by atoms with van der Waals surface area (Å²) in [5, 5.41) is 11.8. The minimum atomic E-state index is -0.385. The Kier molecular flexibility index (Phi) is 4.01. The van der Waals surface area contributed by atoms with Gasteiger partial charge in [-0.05, 0) is 29.7 Å². The Morgan fingerprint density at radius 3 is 2.54 bits per heavy atom. The molecule has 0 atom stereocenters. The van der Waals surface area contributed by atoms with Gasteiger partial charge in [0.05, 0.1) is 22.2 Å². The Morgan fingerprint density at radius 1 is 1.17 bits per heavy atom. The third-order valence-electron chi connectivity index (χ3n) is 3.84. The van der Waals surface area contributed by atoms with Crippen LogP contribution in [0.3, 0.4) is 0 Å². The molecule has 0 unspecified atom stereocenters. The SMILES string of the molecule is COc1ccc(-c2nc3ccc([N+](=O)[O-])cc3s2)cc1C(C)(C)C. The zero-order valence-electron chi connectivity index (χ0n) is 14.0. The smallest absolute Gasteiger partial charge is 0.270 e. The van der Waals surface area contributed by atoms with Crippen molar-refractivity contribution in [3.63, 3.8) is 0 Å². The average molecular weight is 342 g/mol. The number of aromatic nitrogens is 1. The number of benzene rings is 2. The molecule has 124 valence electrons. The zero-order chi connectivity index (χ0) is 17.5. The molecule has 0 N–H and O–H groups in total. The number of fused-ring (bicyclic) bond motifs is 1. The van der Waals surface area contributed by atoms with Crippen LogP contribution in [0, 0.1) is 10.1 Å². The molecule has 0 spiro atoms. The van der Waals surface area contributed by atoms with Gasteiger partial charge in [0, 0.05) is 23.3 Å². The largest absolute Gasteiger partial charge is 0.496 e. The summed E-state index contributed by atoms with van der Waals surface area (Å²) >= 11 is 1.46. The highest BCUT2D eigenvalue weighted by Gasteiger charge is 2.20. The molecular formula is C18H18N2O3S. The van der Waals surface area contributed by atoms with Crippen molar-refractivity contribution in [1.82, 2.24) is 4.98 Å². The van der Waals surface area contributed by atoms with Crippen LogP contribution >= 0.6 is 11.3 Å². The molecule has 0 aliphatic heterocycles. The lowest BCUT2D eigenvalue weighted by atomic mass is 9.85. The third kappa shape index (κ3) is 2.97. The van der Waals surface area contributed by atoms with Crippen LogP contribution in [0.15, 0.2) is 36.4 Å². The quantitative estimate of drug-likeness (QED) is 0.486. The molecule has 1 aromatic heterocycles. The van der Waals surface area contributed by atoms with Crippen molar-refractivity contribution >= 4 is 27.2 Å². The zero-order valence-corrected chi connectivity index (χ0v) is 14.8. The molecule has 0 bridgehead atoms. The maximum atomic E-state index is 10.9. The molecule has 1 heterocycles. The Morgan fingerprint density at radius 2 is 1.92 bits per heavy atom. The van der Waals surface area contributed by atoms with E-state index in [4.69, 9.17) is 4.74 Å². The molecular weight excluding hydrogens is 324 g/mol. The van der Waals surface area contributed by atoms with E-state index in [1.165, 1.54) is 17.4 Å². The van der Waals surface area contributed by atoms with Crippen molar-refractivity contribution < 1.29 is 9.66 Å². The van der Waals surface area contributed by atoms with Crippen LogP contribution in [0.25, 0.3) is 20.8 Å². The van der Waals surface area contributed by atoms with Crippen molar-refractivity contribution in [3.8, 4) is 16.3 Å². The summed E-state index contributed by atoms with van der Waals surface area (Å²) in [7, 11) is 1.67. The van der Waals surface area contributed by atoms with E-state index in [1.54, 1.807) is 19.2 Å². The van der Waals surface area contributed by atoms with Gasteiger partial charge in [-0.25, -0.2) is 4.98 Å². The molecule has 5 nitrogen and oxygen atoms in total. The average Bonchev–Trinajstić information content (AvgIpc) is 2.96. The van der Waals surface area contributed by atoms with Crippen LogP contribution < -0.4 is 4.74 Å². The van der Waals surface area contributed by atoms with Crippen molar-refractivity contribution in [1.29, 1.82) is 0 Å². The number of rotatable bonds is 3. The van der Waals surface area contributed by atoms with E-state index in [2.05, 4.69) is 31.8 Å². The van der Waals surface area contributed by atoms with Crippen molar-refractivity contribution in [2.24, 2.45) is 0 Å². The first-order chi connectivity index (χ1) is 11.3. The summed E-state index contributed by atoms with van der Waals surface area (Å²) in [5.41, 5.74) is 2.89. The molecule has 2 aromatic carbocycles. The molecule has 24 heavy (non-hydrogen) atoms. The summed E-state index contributed by atoms with van der Waals surface area (Å²) in [4.78, 5) is 15.2. The number of thiazole rings is 1. The van der Waals surface area contributed by atoms with Gasteiger partial charge in [0.25, 0.3) is 5.69 Å². The van der Waals surface area contributed by atoms with Crippen LogP contribution in [-0.2, 0) is 5.41 Å². The number of hydrogen-bond donors (Lipinski definition) is 0. The fourth-order valence-electron chi connectivity index (χ4n) is 2.58. The topological polar surface area (TPSA) is 65.3 Å². The lowest BCUT2D eigenvalue weighted by Crippen LogP contribution is -2.12. The van der Waals surface area contributed by atoms with Gasteiger partial charge < -0.3 is 4.74 Å². The first-order valence-electron chi connectivity index (χ1n) is 7.53. The molecule has 0 amide bonds. The normalized spacial score (nSPS) is 11.7. The van der Waals surface area contributed by atoms with Crippen LogP contribution in [-0.4, -0.2) is 17.0 Å². The lowest BCUT2D eigenvalue weighted by molar-refractivity contribution is -0.384. The maximum absolute atomic E-state index is 10.9. The molecule has 0 fully saturated rings. The van der Waals surface area contributed by atoms with Gasteiger partial charge in [-0.3, -0.25) is 10.1 Å². The van der Waals surface area contributed by atoms with Gasteiger partial charge in [0.2, 0.25) is 0 Å². The van der Waals surface area contributed by atoms with Crippen molar-refractivity contribution in [2.75, 3.05) is 7.11 Å². The second-order valence-corrected chi connectivity index (χ2v) is 7.62. The summed E-state index contributed by atoms with van der Waals surface area (Å²) < 4.78 is 6.28. The monoisotopic (exact) mass is 342 g/mol. The highest BCUT2D eigenvalue weighted by Crippen LogP contribution is 2.37. The molecule has 6 heteroatoms. The summed E-state index contributed by atoms with van der Waals surface area (Å²) in [6.07, 6.45) is 0. The molecule has 0 aliphatic carbocycles. The fraction of sp³-hybridized carbons (Fsp3) is 0.278. The number of methoxy groups -OCH3 is 1. The van der Waals surface area contributed by atoms with Gasteiger partial charge in [-0.1, -0.05) is 20.8 Å². The summed E-state index contributed by atoms with van der Waals surface area (Å²) in [5.74, 6) is 0.850. The fourth-order valence-corrected chi connectivity index (χ4v) is 3.57. The number of nitro groups is 1. The van der Waals surface area contributed by atoms with E-state index < -0.39 is 0 Å². The predicted molar refractivity (Wildman–Crippen MR) is 97.0 cm³/mol. The van der Waals surface area contributed by atoms with Gasteiger partial charge in [-0.2, -0.15) is 0 Å². The Balaban J connectivity index is 2.12. The third-order valence-corrected chi connectivity index (χ3v) is 4.90. The van der Waals surface area contributed by atoms with Crippen LogP contribution in [0.5, 0.6) is 5.75 Å². The van der Waals surface area contributed by atoms with Gasteiger partial charge >= 0.3 is 0 Å². The number of non-ortho nitro benzene ring substituents is 1. The summed E-state index contributed by atoms with van der Waals surface area (Å²) in [6, 6.07) is 10.8. The van der Waals surface area contributed by atoms with E-state index in [0.29, 0.717) is 0 Å². The van der Waals surface area contributed by atoms with Gasteiger partial charge in [-0.15, -0.1) is 11.3 Å². The van der Waals surface area contributed by atoms with E-state index in [0.717, 1.165) is 32.1 Å². The number of nitrogens with zero attached hydrogens (tertiary/aromatic N) is 2. The maximum Gasteiger partial charge on any atom is 0.270 e. The molecule has 0 radical (unpaired) electrons. The highest BCUT2D eigenvalue weighted by molar-refractivity contribution is 7.21. The van der Waals surface area contributed by atoms with Gasteiger partial charge in [0.1, 0.15) is 10.8 Å². The number of hydrogen-bond acceptors (Lipinski definition) is 5. The molecule has 3 aromatic rings. The predicted octanol–water partition coefficient (Wildman–Crippen LogP) is 5.18. The molecule has 0 saturated heterocycles. The van der Waals surface area contributed by atoms with E-state index in [-0.39, 0.29) is 16.0 Å². The van der Waals surface area contributed by atoms with Crippen LogP contribution in [0.4, 0.5) is 5.69 Å². The Bertz CT molecular complexity index is 926. The summed E-state index contributed by atoms with van der Waals surface area (Å²) in [6.45, 7) is 6.41. The minimum absolute atomic E-state index is 0.0587. The first-order valence-corrected chi connectivity index (χ1v) is 8.35.